The number of nitrogens with two attached hydrogens (primary N) is 1. The first-order valence-electron chi connectivity index (χ1n) is 6.88. The molecular weight excluding hydrogens is 308 g/mol. The number of fused-ring (bicyclic) bond motifs is 1. The second-order valence-corrected chi connectivity index (χ2v) is 6.48. The number of nitrogen functional groups attached to an aromatic ring is 1. The van der Waals surface area contributed by atoms with Gasteiger partial charge in [-0.05, 0) is 37.5 Å². The summed E-state index contributed by atoms with van der Waals surface area (Å²) in [6.07, 6.45) is 2.55. The van der Waals surface area contributed by atoms with E-state index in [1.807, 2.05) is 6.07 Å². The van der Waals surface area contributed by atoms with Crippen LogP contribution in [0.15, 0.2) is 18.2 Å². The highest BCUT2D eigenvalue weighted by atomic mass is 35.5. The average molecular weight is 327 g/mol. The van der Waals surface area contributed by atoms with Gasteiger partial charge in [0.15, 0.2) is 0 Å². The third-order valence-electron chi connectivity index (χ3n) is 3.38. The van der Waals surface area contributed by atoms with Gasteiger partial charge in [-0.3, -0.25) is 4.79 Å². The van der Waals surface area contributed by atoms with E-state index >= 15 is 0 Å². The Labute approximate surface area is 133 Å². The number of thiophene rings is 1. The van der Waals surface area contributed by atoms with Gasteiger partial charge in [-0.25, -0.2) is 0 Å². The zero-order valence-electron chi connectivity index (χ0n) is 11.9. The first kappa shape index (κ1) is 16.1. The van der Waals surface area contributed by atoms with Crippen molar-refractivity contribution in [3.63, 3.8) is 0 Å². The van der Waals surface area contributed by atoms with Crippen molar-refractivity contribution in [2.24, 2.45) is 0 Å². The van der Waals surface area contributed by atoms with E-state index in [1.54, 1.807) is 24.1 Å². The Kier molecular flexibility index (Phi) is 5.45. The lowest BCUT2D eigenvalue weighted by Crippen LogP contribution is -2.27. The smallest absolute Gasteiger partial charge is 0.265 e. The zero-order chi connectivity index (χ0) is 15.4. The van der Waals surface area contributed by atoms with Gasteiger partial charge in [0.25, 0.3) is 5.91 Å². The number of amides is 1. The summed E-state index contributed by atoms with van der Waals surface area (Å²) in [5, 5.41) is 10.2. The number of carbonyl (C=O) groups excluding carboxylic acids is 1. The predicted octanol–water partition coefficient (Wildman–Crippen LogP) is 3.37. The molecule has 0 spiro atoms. The van der Waals surface area contributed by atoms with Crippen LogP contribution in [-0.2, 0) is 0 Å². The van der Waals surface area contributed by atoms with Crippen molar-refractivity contribution in [1.29, 1.82) is 0 Å². The Balaban J connectivity index is 2.13. The van der Waals surface area contributed by atoms with Crippen LogP contribution in [0.5, 0.6) is 0 Å². The van der Waals surface area contributed by atoms with Gasteiger partial charge in [0.1, 0.15) is 4.88 Å². The van der Waals surface area contributed by atoms with Crippen molar-refractivity contribution < 1.29 is 9.90 Å². The summed E-state index contributed by atoms with van der Waals surface area (Å²) in [7, 11) is 1.78. The maximum atomic E-state index is 12.5. The fourth-order valence-corrected chi connectivity index (χ4v) is 3.43. The average Bonchev–Trinajstić information content (AvgIpc) is 2.79. The molecule has 0 aliphatic carbocycles. The SMILES string of the molecule is CN(CCCCCO)C(=O)c1sc2ccc(Cl)cc2c1N. The monoisotopic (exact) mass is 326 g/mol. The van der Waals surface area contributed by atoms with Gasteiger partial charge in [-0.2, -0.15) is 0 Å². The van der Waals surface area contributed by atoms with E-state index in [2.05, 4.69) is 0 Å². The number of aliphatic hydroxyl groups excluding tert-OH is 1. The van der Waals surface area contributed by atoms with Crippen molar-refractivity contribution in [2.75, 3.05) is 25.9 Å². The van der Waals surface area contributed by atoms with Crippen LogP contribution in [0.4, 0.5) is 5.69 Å². The molecule has 3 N–H and O–H groups in total. The third-order valence-corrected chi connectivity index (χ3v) is 4.79. The highest BCUT2D eigenvalue weighted by Crippen LogP contribution is 2.35. The molecule has 0 saturated carbocycles. The maximum absolute atomic E-state index is 12.5. The molecule has 0 saturated heterocycles. The molecule has 1 amide bonds. The Morgan fingerprint density at radius 3 is 2.86 bits per heavy atom. The van der Waals surface area contributed by atoms with Crippen molar-refractivity contribution in [2.45, 2.75) is 19.3 Å². The van der Waals surface area contributed by atoms with Crippen LogP contribution in [0.25, 0.3) is 10.1 Å². The number of hydrogen-bond acceptors (Lipinski definition) is 4. The molecule has 21 heavy (non-hydrogen) atoms. The number of hydrogen-bond donors (Lipinski definition) is 2. The summed E-state index contributed by atoms with van der Waals surface area (Å²) >= 11 is 7.37. The molecule has 0 radical (unpaired) electrons. The number of unbranched alkanes of at least 4 members (excludes halogenated alkanes) is 2. The van der Waals surface area contributed by atoms with E-state index in [1.165, 1.54) is 11.3 Å². The molecule has 114 valence electrons. The summed E-state index contributed by atoms with van der Waals surface area (Å²) in [6, 6.07) is 5.48. The fraction of sp³-hybridized carbons (Fsp3) is 0.400. The highest BCUT2D eigenvalue weighted by Gasteiger charge is 2.19. The van der Waals surface area contributed by atoms with Gasteiger partial charge in [0.05, 0.1) is 5.69 Å². The highest BCUT2D eigenvalue weighted by molar-refractivity contribution is 7.21. The lowest BCUT2D eigenvalue weighted by molar-refractivity contribution is 0.0798. The lowest BCUT2D eigenvalue weighted by atomic mass is 10.2. The number of nitrogens with zero attached hydrogens (tertiary/aromatic N) is 1. The molecule has 0 unspecified atom stereocenters. The van der Waals surface area contributed by atoms with Crippen molar-refractivity contribution in [1.82, 2.24) is 4.90 Å². The number of halogens is 1. The number of benzene rings is 1. The van der Waals surface area contributed by atoms with Crippen LogP contribution in [-0.4, -0.2) is 36.1 Å². The molecule has 0 aliphatic heterocycles. The van der Waals surface area contributed by atoms with Gasteiger partial charge in [0, 0.05) is 35.3 Å². The Hall–Kier alpha value is -1.30. The van der Waals surface area contributed by atoms with Crippen molar-refractivity contribution in [3.05, 3.63) is 28.1 Å². The molecule has 1 aromatic heterocycles. The van der Waals surface area contributed by atoms with Crippen molar-refractivity contribution in [3.8, 4) is 0 Å². The maximum Gasteiger partial charge on any atom is 0.265 e. The Morgan fingerprint density at radius 1 is 1.38 bits per heavy atom. The van der Waals surface area contributed by atoms with Crippen LogP contribution in [0.2, 0.25) is 5.02 Å². The van der Waals surface area contributed by atoms with E-state index < -0.39 is 0 Å². The molecule has 0 aliphatic rings. The fourth-order valence-electron chi connectivity index (χ4n) is 2.16. The molecule has 6 heteroatoms. The van der Waals surface area contributed by atoms with Gasteiger partial charge in [-0.15, -0.1) is 11.3 Å². The van der Waals surface area contributed by atoms with E-state index in [0.717, 1.165) is 29.3 Å². The summed E-state index contributed by atoms with van der Waals surface area (Å²) in [6.45, 7) is 0.856. The van der Waals surface area contributed by atoms with Gasteiger partial charge >= 0.3 is 0 Å². The zero-order valence-corrected chi connectivity index (χ0v) is 13.5. The largest absolute Gasteiger partial charge is 0.397 e. The second kappa shape index (κ2) is 7.11. The topological polar surface area (TPSA) is 66.6 Å². The van der Waals surface area contributed by atoms with E-state index in [4.69, 9.17) is 22.4 Å². The molecular formula is C15H19ClN2O2S. The van der Waals surface area contributed by atoms with Gasteiger partial charge in [-0.1, -0.05) is 11.6 Å². The molecule has 1 heterocycles. The Bertz CT molecular complexity index is 642. The molecule has 4 nitrogen and oxygen atoms in total. The predicted molar refractivity (Wildman–Crippen MR) is 89.1 cm³/mol. The minimum atomic E-state index is -0.0613. The number of carbonyl (C=O) groups is 1. The normalized spacial score (nSPS) is 11.0. The Morgan fingerprint density at radius 2 is 2.14 bits per heavy atom. The first-order valence-corrected chi connectivity index (χ1v) is 8.08. The lowest BCUT2D eigenvalue weighted by Gasteiger charge is -2.16. The van der Waals surface area contributed by atoms with Crippen molar-refractivity contribution >= 4 is 44.6 Å². The van der Waals surface area contributed by atoms with Crippen LogP contribution in [0.1, 0.15) is 28.9 Å². The summed E-state index contributed by atoms with van der Waals surface area (Å²) in [5.41, 5.74) is 6.60. The van der Waals surface area contributed by atoms with E-state index in [0.29, 0.717) is 22.1 Å². The molecule has 1 aromatic carbocycles. The second-order valence-electron chi connectivity index (χ2n) is 5.00. The molecule has 2 rings (SSSR count). The van der Waals surface area contributed by atoms with Crippen LogP contribution in [0, 0.1) is 0 Å². The van der Waals surface area contributed by atoms with Crippen LogP contribution < -0.4 is 5.73 Å². The first-order chi connectivity index (χ1) is 10.0. The minimum Gasteiger partial charge on any atom is -0.397 e. The minimum absolute atomic E-state index is 0.0613. The van der Waals surface area contributed by atoms with E-state index in [-0.39, 0.29) is 12.5 Å². The van der Waals surface area contributed by atoms with E-state index in [9.17, 15) is 4.79 Å². The molecule has 0 atom stereocenters. The molecule has 0 fully saturated rings. The number of anilines is 1. The molecule has 0 bridgehead atoms. The summed E-state index contributed by atoms with van der Waals surface area (Å²) in [5.74, 6) is -0.0613. The van der Waals surface area contributed by atoms with Crippen LogP contribution >= 0.6 is 22.9 Å². The summed E-state index contributed by atoms with van der Waals surface area (Å²) < 4.78 is 0.967. The molecule has 2 aromatic rings. The summed E-state index contributed by atoms with van der Waals surface area (Å²) in [4.78, 5) is 14.7. The quantitative estimate of drug-likeness (QED) is 0.800. The standard InChI is InChI=1S/C15H19ClN2O2S/c1-18(7-3-2-4-8-19)15(20)14-13(17)11-9-10(16)5-6-12(11)21-14/h5-6,9,19H,2-4,7-8,17H2,1H3. The third kappa shape index (κ3) is 3.67. The number of rotatable bonds is 6. The number of aliphatic hydroxyl groups is 1. The van der Waals surface area contributed by atoms with Gasteiger partial charge in [0.2, 0.25) is 0 Å². The van der Waals surface area contributed by atoms with Gasteiger partial charge < -0.3 is 15.7 Å². The van der Waals surface area contributed by atoms with Crippen LogP contribution in [0.3, 0.4) is 0 Å².